The van der Waals surface area contributed by atoms with E-state index in [1.165, 1.54) is 6.07 Å². The van der Waals surface area contributed by atoms with Crippen LogP contribution in [0.1, 0.15) is 19.3 Å². The molecule has 82 valence electrons. The van der Waals surface area contributed by atoms with Crippen LogP contribution in [0.15, 0.2) is 24.3 Å². The smallest absolute Gasteiger partial charge is 0.491 e. The van der Waals surface area contributed by atoms with Gasteiger partial charge in [-0.3, -0.25) is 0 Å². The molecule has 0 bridgehead atoms. The summed E-state index contributed by atoms with van der Waals surface area (Å²) in [6.45, 7) is -4.92. The van der Waals surface area contributed by atoms with Crippen LogP contribution in [-0.2, 0) is 0 Å². The van der Waals surface area contributed by atoms with Gasteiger partial charge in [-0.15, -0.1) is 5.46 Å². The summed E-state index contributed by atoms with van der Waals surface area (Å²) in [6.07, 6.45) is 3.11. The first-order valence-electron chi connectivity index (χ1n) is 5.02. The largest absolute Gasteiger partial charge is 1.00 e. The molecule has 1 aromatic carbocycles. The molecule has 2 rings (SSSR count). The summed E-state index contributed by atoms with van der Waals surface area (Å²) in [6, 6.07) is 5.12. The molecule has 0 unspecified atom stereocenters. The maximum Gasteiger partial charge on any atom is 1.00 e. The average Bonchev–Trinajstić information content (AvgIpc) is 2.11. The molecule has 1 aliphatic carbocycles. The maximum absolute atomic E-state index is 12.4. The summed E-state index contributed by atoms with van der Waals surface area (Å²) in [7, 11) is 0. The van der Waals surface area contributed by atoms with Crippen molar-refractivity contribution >= 4 is 12.4 Å². The molecule has 0 aromatic heterocycles. The van der Waals surface area contributed by atoms with Gasteiger partial charge in [0, 0.05) is 0 Å². The van der Waals surface area contributed by atoms with Crippen molar-refractivity contribution in [3.63, 3.8) is 0 Å². The molecule has 0 aliphatic heterocycles. The molecule has 1 saturated carbocycles. The summed E-state index contributed by atoms with van der Waals surface area (Å²) >= 11 is 0. The molecule has 0 heterocycles. The normalized spacial score (nSPS) is 16.2. The second kappa shape index (κ2) is 5.91. The van der Waals surface area contributed by atoms with Crippen LogP contribution in [0.5, 0.6) is 5.75 Å². The molecular formula is C10H11BF3KO. The Bertz CT molecular complexity index is 352. The van der Waals surface area contributed by atoms with E-state index in [-0.39, 0.29) is 57.5 Å². The van der Waals surface area contributed by atoms with Gasteiger partial charge in [0.1, 0.15) is 5.75 Å². The van der Waals surface area contributed by atoms with E-state index < -0.39 is 12.4 Å². The fraction of sp³-hybridized carbons (Fsp3) is 0.400. The van der Waals surface area contributed by atoms with Crippen LogP contribution in [0.4, 0.5) is 12.9 Å². The van der Waals surface area contributed by atoms with Gasteiger partial charge in [0.2, 0.25) is 0 Å². The molecule has 1 nitrogen and oxygen atoms in total. The van der Waals surface area contributed by atoms with Crippen molar-refractivity contribution in [1.29, 1.82) is 0 Å². The van der Waals surface area contributed by atoms with Crippen molar-refractivity contribution in [3.05, 3.63) is 24.3 Å². The molecule has 1 aromatic rings. The van der Waals surface area contributed by atoms with Crippen LogP contribution in [0.3, 0.4) is 0 Å². The van der Waals surface area contributed by atoms with Gasteiger partial charge in [0.15, 0.2) is 0 Å². The Morgan fingerprint density at radius 2 is 1.88 bits per heavy atom. The number of rotatable bonds is 3. The minimum atomic E-state index is -4.92. The Hall–Kier alpha value is 0.511. The predicted molar refractivity (Wildman–Crippen MR) is 53.4 cm³/mol. The van der Waals surface area contributed by atoms with E-state index in [4.69, 9.17) is 4.74 Å². The van der Waals surface area contributed by atoms with Crippen LogP contribution in [0.2, 0.25) is 0 Å². The molecule has 16 heavy (non-hydrogen) atoms. The molecule has 6 heteroatoms. The Balaban J connectivity index is 0.00000128. The second-order valence-corrected chi connectivity index (χ2v) is 3.82. The quantitative estimate of drug-likeness (QED) is 0.671. The third-order valence-electron chi connectivity index (χ3n) is 2.59. The fourth-order valence-corrected chi connectivity index (χ4v) is 1.47. The molecule has 0 N–H and O–H groups in total. The topological polar surface area (TPSA) is 9.23 Å². The predicted octanol–water partition coefficient (Wildman–Crippen LogP) is -0.324. The first-order valence-corrected chi connectivity index (χ1v) is 5.02. The van der Waals surface area contributed by atoms with Crippen molar-refractivity contribution in [3.8, 4) is 5.75 Å². The molecule has 1 fully saturated rings. The van der Waals surface area contributed by atoms with Crippen molar-refractivity contribution in [2.45, 2.75) is 25.4 Å². The number of benzene rings is 1. The van der Waals surface area contributed by atoms with E-state index in [2.05, 4.69) is 0 Å². The summed E-state index contributed by atoms with van der Waals surface area (Å²) in [5.74, 6) is 0.330. The van der Waals surface area contributed by atoms with Gasteiger partial charge in [-0.25, -0.2) is 0 Å². The van der Waals surface area contributed by atoms with Crippen LogP contribution in [0, 0.1) is 0 Å². The minimum absolute atomic E-state index is 0. The molecule has 0 amide bonds. The van der Waals surface area contributed by atoms with Gasteiger partial charge < -0.3 is 17.7 Å². The van der Waals surface area contributed by atoms with Crippen molar-refractivity contribution < 1.29 is 69.1 Å². The molecule has 0 radical (unpaired) electrons. The zero-order chi connectivity index (χ0) is 10.9. The molecule has 0 atom stereocenters. The standard InChI is InChI=1S/C10H11BF3O.K/c12-11(13,14)8-3-1-6-10(7-8)15-9-4-2-5-9;/h1,3,6-7,9H,2,4-5H2;/q-1;+1. The minimum Gasteiger partial charge on any atom is -0.491 e. The summed E-state index contributed by atoms with van der Waals surface area (Å²) in [5.41, 5.74) is -0.591. The van der Waals surface area contributed by atoms with E-state index in [1.54, 1.807) is 6.07 Å². The van der Waals surface area contributed by atoms with Crippen LogP contribution in [-0.4, -0.2) is 13.1 Å². The van der Waals surface area contributed by atoms with Gasteiger partial charge in [0.05, 0.1) is 6.10 Å². The third kappa shape index (κ3) is 3.77. The van der Waals surface area contributed by atoms with Crippen LogP contribution in [0.25, 0.3) is 0 Å². The Labute approximate surface area is 135 Å². The van der Waals surface area contributed by atoms with E-state index in [0.717, 1.165) is 31.4 Å². The van der Waals surface area contributed by atoms with Gasteiger partial charge in [-0.2, -0.15) is 0 Å². The van der Waals surface area contributed by atoms with Crippen molar-refractivity contribution in [2.75, 3.05) is 0 Å². The fourth-order valence-electron chi connectivity index (χ4n) is 1.47. The molecule has 0 saturated heterocycles. The van der Waals surface area contributed by atoms with E-state index in [9.17, 15) is 12.9 Å². The monoisotopic (exact) mass is 254 g/mol. The number of hydrogen-bond donors (Lipinski definition) is 0. The van der Waals surface area contributed by atoms with E-state index in [0.29, 0.717) is 5.75 Å². The number of halogens is 3. The molecular weight excluding hydrogens is 243 g/mol. The van der Waals surface area contributed by atoms with Crippen LogP contribution < -0.4 is 61.6 Å². The average molecular weight is 254 g/mol. The Morgan fingerprint density at radius 1 is 1.19 bits per heavy atom. The maximum atomic E-state index is 12.4. The van der Waals surface area contributed by atoms with Crippen molar-refractivity contribution in [1.82, 2.24) is 0 Å². The van der Waals surface area contributed by atoms with E-state index >= 15 is 0 Å². The summed E-state index contributed by atoms with van der Waals surface area (Å²) in [4.78, 5) is 0. The second-order valence-electron chi connectivity index (χ2n) is 3.82. The molecule has 0 spiro atoms. The summed E-state index contributed by atoms with van der Waals surface area (Å²) < 4.78 is 42.6. The first kappa shape index (κ1) is 14.6. The zero-order valence-corrected chi connectivity index (χ0v) is 12.3. The summed E-state index contributed by atoms with van der Waals surface area (Å²) in [5, 5.41) is 0. The van der Waals surface area contributed by atoms with Crippen LogP contribution >= 0.6 is 0 Å². The molecule has 1 aliphatic rings. The Kier molecular flexibility index (Phi) is 5.38. The van der Waals surface area contributed by atoms with E-state index in [1.807, 2.05) is 0 Å². The van der Waals surface area contributed by atoms with Gasteiger partial charge in [-0.1, -0.05) is 12.1 Å². The number of hydrogen-bond acceptors (Lipinski definition) is 1. The number of ether oxygens (including phenoxy) is 1. The SMILES string of the molecule is F[B-](F)(F)c1cccc(OC2CCC2)c1.[K+]. The third-order valence-corrected chi connectivity index (χ3v) is 2.59. The van der Waals surface area contributed by atoms with Crippen molar-refractivity contribution in [2.24, 2.45) is 0 Å². The van der Waals surface area contributed by atoms with Gasteiger partial charge in [-0.05, 0) is 31.4 Å². The zero-order valence-electron chi connectivity index (χ0n) is 9.13. The van der Waals surface area contributed by atoms with Gasteiger partial charge in [0.25, 0.3) is 0 Å². The van der Waals surface area contributed by atoms with Gasteiger partial charge >= 0.3 is 58.4 Å². The Morgan fingerprint density at radius 3 is 2.38 bits per heavy atom. The first-order chi connectivity index (χ1) is 7.05.